The molecule has 0 spiro atoms. The Labute approximate surface area is 234 Å². The van der Waals surface area contributed by atoms with E-state index in [0.29, 0.717) is 0 Å². The Morgan fingerprint density at radius 2 is 0.897 bits per heavy atom. The monoisotopic (exact) mass is 521 g/mol. The van der Waals surface area contributed by atoms with Gasteiger partial charge in [0.15, 0.2) is 0 Å². The van der Waals surface area contributed by atoms with Crippen LogP contribution in [0.3, 0.4) is 0 Å². The molecule has 0 atom stereocenters. The fourth-order valence-corrected chi connectivity index (χ4v) is 7.27. The third kappa shape index (κ3) is 3.73. The molecule has 0 amide bonds. The zero-order valence-electron chi connectivity index (χ0n) is 22.8. The van der Waals surface area contributed by atoms with Gasteiger partial charge >= 0.3 is 0 Å². The SMILES string of the molecule is CC1(C)N=C(c2ccc(-c3c4ccccc4c(-c4ccccc4)c4ccccc34)c3ccccc23)SC1(C)C. The Morgan fingerprint density at radius 1 is 0.462 bits per heavy atom. The summed E-state index contributed by atoms with van der Waals surface area (Å²) in [5.74, 6) is 0. The van der Waals surface area contributed by atoms with E-state index in [0.717, 1.165) is 5.04 Å². The summed E-state index contributed by atoms with van der Waals surface area (Å²) in [6, 6.07) is 42.1. The van der Waals surface area contributed by atoms with E-state index in [2.05, 4.69) is 143 Å². The summed E-state index contributed by atoms with van der Waals surface area (Å²) >= 11 is 1.90. The average Bonchev–Trinajstić information content (AvgIpc) is 3.17. The van der Waals surface area contributed by atoms with Crippen molar-refractivity contribution >= 4 is 49.1 Å². The first-order valence-electron chi connectivity index (χ1n) is 13.7. The molecule has 7 rings (SSSR count). The lowest BCUT2D eigenvalue weighted by Crippen LogP contribution is -2.36. The highest BCUT2D eigenvalue weighted by Crippen LogP contribution is 2.49. The molecule has 0 fully saturated rings. The lowest BCUT2D eigenvalue weighted by atomic mass is 9.84. The van der Waals surface area contributed by atoms with Gasteiger partial charge in [-0.1, -0.05) is 127 Å². The molecule has 39 heavy (non-hydrogen) atoms. The highest BCUT2D eigenvalue weighted by Gasteiger charge is 2.44. The van der Waals surface area contributed by atoms with Crippen LogP contribution in [0.5, 0.6) is 0 Å². The van der Waals surface area contributed by atoms with Gasteiger partial charge < -0.3 is 0 Å². The summed E-state index contributed by atoms with van der Waals surface area (Å²) in [6.07, 6.45) is 0. The van der Waals surface area contributed by atoms with Gasteiger partial charge in [0.2, 0.25) is 0 Å². The molecule has 0 unspecified atom stereocenters. The van der Waals surface area contributed by atoms with E-state index in [1.165, 1.54) is 60.1 Å². The van der Waals surface area contributed by atoms with Crippen molar-refractivity contribution < 1.29 is 0 Å². The summed E-state index contributed by atoms with van der Waals surface area (Å²) in [4.78, 5) is 5.22. The number of hydrogen-bond acceptors (Lipinski definition) is 2. The quantitative estimate of drug-likeness (QED) is 0.211. The first-order chi connectivity index (χ1) is 18.9. The minimum atomic E-state index is -0.119. The van der Waals surface area contributed by atoms with Crippen molar-refractivity contribution in [2.45, 2.75) is 38.0 Å². The zero-order valence-corrected chi connectivity index (χ0v) is 23.6. The third-order valence-electron chi connectivity index (χ3n) is 8.62. The second-order valence-corrected chi connectivity index (χ2v) is 13.1. The second kappa shape index (κ2) is 8.83. The Bertz CT molecular complexity index is 1870. The Balaban J connectivity index is 1.56. The van der Waals surface area contributed by atoms with E-state index in [9.17, 15) is 0 Å². The lowest BCUT2D eigenvalue weighted by molar-refractivity contribution is 0.426. The maximum absolute atomic E-state index is 5.22. The van der Waals surface area contributed by atoms with Gasteiger partial charge in [-0.3, -0.25) is 4.99 Å². The van der Waals surface area contributed by atoms with Gasteiger partial charge in [-0.25, -0.2) is 0 Å². The zero-order chi connectivity index (χ0) is 26.8. The van der Waals surface area contributed by atoms with E-state index in [1.807, 2.05) is 11.8 Å². The van der Waals surface area contributed by atoms with Crippen LogP contribution in [0.25, 0.3) is 54.6 Å². The summed E-state index contributed by atoms with van der Waals surface area (Å²) in [5.41, 5.74) is 6.22. The molecule has 0 N–H and O–H groups in total. The number of hydrogen-bond donors (Lipinski definition) is 0. The predicted molar refractivity (Wildman–Crippen MR) is 172 cm³/mol. The van der Waals surface area contributed by atoms with Crippen LogP contribution in [0.2, 0.25) is 0 Å². The third-order valence-corrected chi connectivity index (χ3v) is 10.1. The summed E-state index contributed by atoms with van der Waals surface area (Å²) in [7, 11) is 0. The van der Waals surface area contributed by atoms with Crippen molar-refractivity contribution in [3.63, 3.8) is 0 Å². The Morgan fingerprint density at radius 3 is 1.41 bits per heavy atom. The molecule has 6 aromatic carbocycles. The van der Waals surface area contributed by atoms with Crippen LogP contribution >= 0.6 is 11.8 Å². The van der Waals surface area contributed by atoms with Gasteiger partial charge in [-0.05, 0) is 82.3 Å². The highest BCUT2D eigenvalue weighted by atomic mass is 32.2. The molecule has 1 aliphatic rings. The molecule has 6 aromatic rings. The van der Waals surface area contributed by atoms with Crippen LogP contribution in [-0.2, 0) is 0 Å². The number of rotatable bonds is 3. The van der Waals surface area contributed by atoms with Crippen molar-refractivity contribution in [3.8, 4) is 22.3 Å². The number of nitrogens with zero attached hydrogens (tertiary/aromatic N) is 1. The molecule has 0 saturated carbocycles. The van der Waals surface area contributed by atoms with Crippen molar-refractivity contribution in [2.24, 2.45) is 4.99 Å². The van der Waals surface area contributed by atoms with Crippen molar-refractivity contribution in [1.82, 2.24) is 0 Å². The molecule has 1 nitrogen and oxygen atoms in total. The number of benzene rings is 6. The van der Waals surface area contributed by atoms with Gasteiger partial charge in [0.05, 0.1) is 10.6 Å². The molecule has 1 aliphatic heterocycles. The number of aliphatic imine (C=N–C) groups is 1. The van der Waals surface area contributed by atoms with Gasteiger partial charge in [0.25, 0.3) is 0 Å². The first kappa shape index (κ1) is 24.2. The molecule has 0 saturated heterocycles. The van der Waals surface area contributed by atoms with Crippen LogP contribution in [0.1, 0.15) is 33.3 Å². The normalized spacial score (nSPS) is 16.2. The van der Waals surface area contributed by atoms with Crippen molar-refractivity contribution in [1.29, 1.82) is 0 Å². The predicted octanol–water partition coefficient (Wildman–Crippen LogP) is 10.5. The largest absolute Gasteiger partial charge is 0.270 e. The van der Waals surface area contributed by atoms with Crippen LogP contribution in [0, 0.1) is 0 Å². The van der Waals surface area contributed by atoms with Crippen molar-refractivity contribution in [2.75, 3.05) is 0 Å². The van der Waals surface area contributed by atoms with E-state index < -0.39 is 0 Å². The maximum Gasteiger partial charge on any atom is 0.0996 e. The van der Waals surface area contributed by atoms with E-state index in [1.54, 1.807) is 0 Å². The minimum Gasteiger partial charge on any atom is -0.270 e. The van der Waals surface area contributed by atoms with E-state index >= 15 is 0 Å². The number of fused-ring (bicyclic) bond motifs is 3. The van der Waals surface area contributed by atoms with Crippen LogP contribution < -0.4 is 0 Å². The first-order valence-corrected chi connectivity index (χ1v) is 14.5. The van der Waals surface area contributed by atoms with E-state index in [4.69, 9.17) is 4.99 Å². The molecule has 0 aliphatic carbocycles. The molecular weight excluding hydrogens is 490 g/mol. The van der Waals surface area contributed by atoms with Gasteiger partial charge in [-0.2, -0.15) is 0 Å². The van der Waals surface area contributed by atoms with Crippen molar-refractivity contribution in [3.05, 3.63) is 121 Å². The molecule has 2 heteroatoms. The van der Waals surface area contributed by atoms with Crippen LogP contribution in [0.15, 0.2) is 120 Å². The minimum absolute atomic E-state index is 0.0434. The highest BCUT2D eigenvalue weighted by molar-refractivity contribution is 8.16. The summed E-state index contributed by atoms with van der Waals surface area (Å²) < 4.78 is 0.0434. The summed E-state index contributed by atoms with van der Waals surface area (Å²) in [5, 5.41) is 8.79. The standard InChI is InChI=1S/C37H31NS/c1-36(2)37(3,4)39-35(38-36)32-23-22-31(25-16-8-9-17-26(25)32)34-29-20-12-10-18-27(29)33(24-14-6-5-7-15-24)28-19-11-13-21-30(28)34/h5-23H,1-4H3. The molecular formula is C37H31NS. The van der Waals surface area contributed by atoms with Crippen LogP contribution in [-0.4, -0.2) is 15.3 Å². The Kier molecular flexibility index (Phi) is 5.47. The lowest BCUT2D eigenvalue weighted by Gasteiger charge is -2.30. The second-order valence-electron chi connectivity index (χ2n) is 11.5. The molecule has 190 valence electrons. The van der Waals surface area contributed by atoms with Crippen LogP contribution in [0.4, 0.5) is 0 Å². The number of thioether (sulfide) groups is 1. The maximum atomic E-state index is 5.22. The molecule has 0 aromatic heterocycles. The average molecular weight is 522 g/mol. The van der Waals surface area contributed by atoms with E-state index in [-0.39, 0.29) is 10.3 Å². The Hall–Kier alpha value is -3.88. The smallest absolute Gasteiger partial charge is 0.0996 e. The fraction of sp³-hybridized carbons (Fsp3) is 0.162. The fourth-order valence-electron chi connectivity index (χ4n) is 5.93. The van der Waals surface area contributed by atoms with Gasteiger partial charge in [-0.15, -0.1) is 0 Å². The van der Waals surface area contributed by atoms with Gasteiger partial charge in [0, 0.05) is 10.3 Å². The molecule has 0 bridgehead atoms. The van der Waals surface area contributed by atoms with Gasteiger partial charge in [0.1, 0.15) is 0 Å². The molecule has 0 radical (unpaired) electrons. The summed E-state index contributed by atoms with van der Waals surface area (Å²) in [6.45, 7) is 9.10. The molecule has 1 heterocycles. The topological polar surface area (TPSA) is 12.4 Å².